The Hall–Kier alpha value is -0.900. The van der Waals surface area contributed by atoms with Gasteiger partial charge in [-0.05, 0) is 31.0 Å². The Morgan fingerprint density at radius 1 is 1.21 bits per heavy atom. The minimum Gasteiger partial charge on any atom is -0.379 e. The summed E-state index contributed by atoms with van der Waals surface area (Å²) >= 11 is 0. The second-order valence-corrected chi connectivity index (χ2v) is 5.32. The molecule has 106 valence electrons. The molecule has 0 saturated carbocycles. The zero-order chi connectivity index (χ0) is 13.3. The van der Waals surface area contributed by atoms with Crippen LogP contribution < -0.4 is 5.32 Å². The molecule has 2 rings (SSSR count). The topological polar surface area (TPSA) is 24.5 Å². The van der Waals surface area contributed by atoms with Crippen LogP contribution in [0.4, 0.5) is 0 Å². The quantitative estimate of drug-likeness (QED) is 0.762. The van der Waals surface area contributed by atoms with E-state index in [-0.39, 0.29) is 0 Å². The molecule has 0 unspecified atom stereocenters. The van der Waals surface area contributed by atoms with Crippen molar-refractivity contribution in [1.82, 2.24) is 10.2 Å². The van der Waals surface area contributed by atoms with Gasteiger partial charge >= 0.3 is 0 Å². The van der Waals surface area contributed by atoms with E-state index < -0.39 is 0 Å². The van der Waals surface area contributed by atoms with Crippen molar-refractivity contribution in [2.24, 2.45) is 0 Å². The predicted molar refractivity (Wildman–Crippen MR) is 79.6 cm³/mol. The van der Waals surface area contributed by atoms with Crippen LogP contribution >= 0.6 is 0 Å². The Balaban J connectivity index is 1.54. The molecule has 3 nitrogen and oxygen atoms in total. The third-order valence-electron chi connectivity index (χ3n) is 3.75. The molecular formula is C16H26N2O. The molecule has 1 atom stereocenters. The highest BCUT2D eigenvalue weighted by Gasteiger charge is 2.09. The largest absolute Gasteiger partial charge is 0.379 e. The highest BCUT2D eigenvalue weighted by atomic mass is 16.5. The number of benzene rings is 1. The molecule has 1 aromatic carbocycles. The van der Waals surface area contributed by atoms with Gasteiger partial charge in [-0.3, -0.25) is 4.90 Å². The Morgan fingerprint density at radius 2 is 1.95 bits per heavy atom. The van der Waals surface area contributed by atoms with Crippen LogP contribution in [-0.2, 0) is 4.74 Å². The Labute approximate surface area is 116 Å². The fourth-order valence-electron chi connectivity index (χ4n) is 2.47. The molecule has 1 aliphatic heterocycles. The lowest BCUT2D eigenvalue weighted by molar-refractivity contribution is 0.0374. The van der Waals surface area contributed by atoms with Crippen LogP contribution in [0.3, 0.4) is 0 Å². The molecule has 0 amide bonds. The summed E-state index contributed by atoms with van der Waals surface area (Å²) in [5, 5.41) is 3.57. The van der Waals surface area contributed by atoms with Crippen LogP contribution in [0.15, 0.2) is 30.3 Å². The molecule has 1 heterocycles. The highest BCUT2D eigenvalue weighted by molar-refractivity contribution is 5.18. The summed E-state index contributed by atoms with van der Waals surface area (Å²) in [4.78, 5) is 2.49. The summed E-state index contributed by atoms with van der Waals surface area (Å²) in [5.74, 6) is 0.588. The zero-order valence-electron chi connectivity index (χ0n) is 12.0. The van der Waals surface area contributed by atoms with E-state index in [1.54, 1.807) is 0 Å². The van der Waals surface area contributed by atoms with Crippen molar-refractivity contribution < 1.29 is 4.74 Å². The lowest BCUT2D eigenvalue weighted by Gasteiger charge is -2.26. The third-order valence-corrected chi connectivity index (χ3v) is 3.75. The number of nitrogens with zero attached hydrogens (tertiary/aromatic N) is 1. The van der Waals surface area contributed by atoms with Gasteiger partial charge in [-0.15, -0.1) is 0 Å². The van der Waals surface area contributed by atoms with Crippen LogP contribution in [-0.4, -0.2) is 50.8 Å². The van der Waals surface area contributed by atoms with Crippen molar-refractivity contribution in [3.63, 3.8) is 0 Å². The maximum Gasteiger partial charge on any atom is 0.0594 e. The first-order chi connectivity index (χ1) is 9.36. The Bertz CT molecular complexity index is 336. The summed E-state index contributed by atoms with van der Waals surface area (Å²) in [6.07, 6.45) is 1.22. The summed E-state index contributed by atoms with van der Waals surface area (Å²) < 4.78 is 5.35. The van der Waals surface area contributed by atoms with Gasteiger partial charge in [0.25, 0.3) is 0 Å². The minimum atomic E-state index is 0.588. The Morgan fingerprint density at radius 3 is 2.68 bits per heavy atom. The van der Waals surface area contributed by atoms with Gasteiger partial charge in [0.2, 0.25) is 0 Å². The predicted octanol–water partition coefficient (Wildman–Crippen LogP) is 2.10. The van der Waals surface area contributed by atoms with E-state index in [0.717, 1.165) is 39.4 Å². The number of hydrogen-bond donors (Lipinski definition) is 1. The van der Waals surface area contributed by atoms with Gasteiger partial charge in [0.1, 0.15) is 0 Å². The number of nitrogens with one attached hydrogen (secondary N) is 1. The van der Waals surface area contributed by atoms with Crippen molar-refractivity contribution >= 4 is 0 Å². The number of hydrogen-bond acceptors (Lipinski definition) is 3. The van der Waals surface area contributed by atoms with Gasteiger partial charge < -0.3 is 10.1 Å². The third kappa shape index (κ3) is 5.31. The second-order valence-electron chi connectivity index (χ2n) is 5.32. The SMILES string of the molecule is C[C@H](CNCCCN1CCOCC1)c1ccccc1. The van der Waals surface area contributed by atoms with Crippen LogP contribution in [0.2, 0.25) is 0 Å². The lowest BCUT2D eigenvalue weighted by Crippen LogP contribution is -2.37. The van der Waals surface area contributed by atoms with Crippen molar-refractivity contribution in [3.05, 3.63) is 35.9 Å². The smallest absolute Gasteiger partial charge is 0.0594 e. The van der Waals surface area contributed by atoms with Gasteiger partial charge in [0.05, 0.1) is 13.2 Å². The van der Waals surface area contributed by atoms with E-state index in [1.807, 2.05) is 0 Å². The van der Waals surface area contributed by atoms with Crippen LogP contribution in [0.1, 0.15) is 24.8 Å². The van der Waals surface area contributed by atoms with E-state index in [4.69, 9.17) is 4.74 Å². The van der Waals surface area contributed by atoms with E-state index >= 15 is 0 Å². The molecule has 1 aromatic rings. The van der Waals surface area contributed by atoms with E-state index in [1.165, 1.54) is 18.5 Å². The maximum absolute atomic E-state index is 5.35. The monoisotopic (exact) mass is 262 g/mol. The first kappa shape index (κ1) is 14.5. The van der Waals surface area contributed by atoms with Crippen molar-refractivity contribution in [2.75, 3.05) is 45.9 Å². The molecule has 19 heavy (non-hydrogen) atoms. The standard InChI is InChI=1S/C16H26N2O/c1-15(16-6-3-2-4-7-16)14-17-8-5-9-18-10-12-19-13-11-18/h2-4,6-7,15,17H,5,8-14H2,1H3/t15-/m1/s1. The molecule has 3 heteroatoms. The minimum absolute atomic E-state index is 0.588. The number of ether oxygens (including phenoxy) is 1. The average molecular weight is 262 g/mol. The number of rotatable bonds is 7. The molecule has 0 aliphatic carbocycles. The molecule has 0 radical (unpaired) electrons. The summed E-state index contributed by atoms with van der Waals surface area (Å²) in [6.45, 7) is 9.64. The molecule has 0 bridgehead atoms. The van der Waals surface area contributed by atoms with Gasteiger partial charge in [-0.2, -0.15) is 0 Å². The van der Waals surface area contributed by atoms with E-state index in [9.17, 15) is 0 Å². The zero-order valence-corrected chi connectivity index (χ0v) is 12.0. The normalized spacial score (nSPS) is 18.4. The Kier molecular flexibility index (Phi) is 6.34. The summed E-state index contributed by atoms with van der Waals surface area (Å²) in [7, 11) is 0. The fourth-order valence-corrected chi connectivity index (χ4v) is 2.47. The van der Waals surface area contributed by atoms with Gasteiger partial charge in [-0.1, -0.05) is 37.3 Å². The molecule has 1 N–H and O–H groups in total. The number of morpholine rings is 1. The van der Waals surface area contributed by atoms with Crippen LogP contribution in [0.5, 0.6) is 0 Å². The van der Waals surface area contributed by atoms with Gasteiger partial charge in [0, 0.05) is 19.6 Å². The molecule has 1 saturated heterocycles. The summed E-state index contributed by atoms with van der Waals surface area (Å²) in [5.41, 5.74) is 1.42. The average Bonchev–Trinajstić information content (AvgIpc) is 2.49. The second kappa shape index (κ2) is 8.31. The van der Waals surface area contributed by atoms with Crippen molar-refractivity contribution in [3.8, 4) is 0 Å². The fraction of sp³-hybridized carbons (Fsp3) is 0.625. The van der Waals surface area contributed by atoms with E-state index in [0.29, 0.717) is 5.92 Å². The molecule has 1 fully saturated rings. The first-order valence-electron chi connectivity index (χ1n) is 7.42. The van der Waals surface area contributed by atoms with Crippen LogP contribution in [0, 0.1) is 0 Å². The van der Waals surface area contributed by atoms with Crippen molar-refractivity contribution in [1.29, 1.82) is 0 Å². The van der Waals surface area contributed by atoms with Gasteiger partial charge in [-0.25, -0.2) is 0 Å². The molecule has 1 aliphatic rings. The molecule has 0 aromatic heterocycles. The first-order valence-corrected chi connectivity index (χ1v) is 7.42. The molecular weight excluding hydrogens is 236 g/mol. The maximum atomic E-state index is 5.35. The highest BCUT2D eigenvalue weighted by Crippen LogP contribution is 2.12. The van der Waals surface area contributed by atoms with Gasteiger partial charge in [0.15, 0.2) is 0 Å². The van der Waals surface area contributed by atoms with Crippen LogP contribution in [0.25, 0.3) is 0 Å². The molecule has 0 spiro atoms. The van der Waals surface area contributed by atoms with E-state index in [2.05, 4.69) is 47.5 Å². The lowest BCUT2D eigenvalue weighted by atomic mass is 10.0. The van der Waals surface area contributed by atoms with Crippen molar-refractivity contribution in [2.45, 2.75) is 19.3 Å². The summed E-state index contributed by atoms with van der Waals surface area (Å²) in [6, 6.07) is 10.7.